The average Bonchev–Trinajstić information content (AvgIpc) is 3.30. The first kappa shape index (κ1) is 20.5. The predicted octanol–water partition coefficient (Wildman–Crippen LogP) is 3.73. The number of hydrogen-bond donors (Lipinski definition) is 1. The van der Waals surface area contributed by atoms with Gasteiger partial charge in [-0.2, -0.15) is 5.10 Å². The summed E-state index contributed by atoms with van der Waals surface area (Å²) in [6, 6.07) is 5.65. The molecule has 0 radical (unpaired) electrons. The predicted molar refractivity (Wildman–Crippen MR) is 111 cm³/mol. The van der Waals surface area contributed by atoms with Gasteiger partial charge in [0.1, 0.15) is 6.04 Å². The van der Waals surface area contributed by atoms with Crippen LogP contribution >= 0.6 is 0 Å². The molecule has 28 heavy (non-hydrogen) atoms. The first-order chi connectivity index (χ1) is 13.4. The summed E-state index contributed by atoms with van der Waals surface area (Å²) in [4.78, 5) is 12.6. The molecule has 1 aliphatic carbocycles. The van der Waals surface area contributed by atoms with E-state index in [1.807, 2.05) is 50.2 Å². The molecular weight excluding hydrogens is 354 g/mol. The van der Waals surface area contributed by atoms with E-state index in [1.165, 1.54) is 12.8 Å². The molecule has 0 spiro atoms. The molecule has 1 saturated heterocycles. The van der Waals surface area contributed by atoms with Crippen LogP contribution in [0.25, 0.3) is 0 Å². The lowest BCUT2D eigenvalue weighted by Gasteiger charge is -2.26. The van der Waals surface area contributed by atoms with Crippen molar-refractivity contribution >= 4 is 12.1 Å². The molecular formula is C22H33N3O3. The largest absolute Gasteiger partial charge is 0.493 e. The third kappa shape index (κ3) is 5.40. The molecule has 1 N–H and O–H groups in total. The Morgan fingerprint density at radius 1 is 1.18 bits per heavy atom. The molecule has 1 heterocycles. The highest BCUT2D eigenvalue weighted by Gasteiger charge is 2.31. The summed E-state index contributed by atoms with van der Waals surface area (Å²) < 4.78 is 11.6. The van der Waals surface area contributed by atoms with Crippen LogP contribution in [-0.2, 0) is 4.79 Å². The van der Waals surface area contributed by atoms with Crippen LogP contribution in [0.15, 0.2) is 23.3 Å². The summed E-state index contributed by atoms with van der Waals surface area (Å²) in [5, 5.41) is 9.56. The number of hydrogen-bond acceptors (Lipinski definition) is 5. The minimum absolute atomic E-state index is 0.0436. The van der Waals surface area contributed by atoms with Crippen molar-refractivity contribution in [1.29, 1.82) is 0 Å². The number of rotatable bonds is 6. The normalized spacial score (nSPS) is 20.7. The molecule has 1 saturated carbocycles. The third-order valence-electron chi connectivity index (χ3n) is 5.16. The van der Waals surface area contributed by atoms with Crippen LogP contribution in [-0.4, -0.2) is 48.5 Å². The molecule has 1 aliphatic heterocycles. The minimum atomic E-state index is -0.239. The summed E-state index contributed by atoms with van der Waals surface area (Å²) in [5.74, 6) is 1.55. The van der Waals surface area contributed by atoms with Gasteiger partial charge in [-0.15, -0.1) is 0 Å². The van der Waals surface area contributed by atoms with Crippen LogP contribution in [0.4, 0.5) is 0 Å². The molecule has 0 bridgehead atoms. The lowest BCUT2D eigenvalue weighted by atomic mass is 10.1. The first-order valence-corrected chi connectivity index (χ1v) is 10.3. The van der Waals surface area contributed by atoms with Crippen LogP contribution in [0.5, 0.6) is 11.5 Å². The quantitative estimate of drug-likeness (QED) is 0.756. The molecule has 6 heteroatoms. The molecule has 2 fully saturated rings. The Kier molecular flexibility index (Phi) is 6.47. The van der Waals surface area contributed by atoms with E-state index in [2.05, 4.69) is 10.4 Å². The summed E-state index contributed by atoms with van der Waals surface area (Å²) in [6.45, 7) is 6.78. The molecule has 0 aromatic heterocycles. The van der Waals surface area contributed by atoms with Crippen molar-refractivity contribution in [2.45, 2.75) is 77.0 Å². The number of nitrogens with one attached hydrogen (secondary N) is 1. The smallest absolute Gasteiger partial charge is 0.244 e. The topological polar surface area (TPSA) is 63.2 Å². The van der Waals surface area contributed by atoms with Crippen molar-refractivity contribution in [3.63, 3.8) is 0 Å². The molecule has 6 nitrogen and oxygen atoms in total. The number of amides is 1. The maximum absolute atomic E-state index is 12.6. The second-order valence-corrected chi connectivity index (χ2v) is 8.74. The van der Waals surface area contributed by atoms with Gasteiger partial charge in [-0.25, -0.2) is 0 Å². The Bertz CT molecular complexity index is 705. The third-order valence-corrected chi connectivity index (χ3v) is 5.16. The minimum Gasteiger partial charge on any atom is -0.493 e. The lowest BCUT2D eigenvalue weighted by molar-refractivity contribution is -0.126. The van der Waals surface area contributed by atoms with Crippen molar-refractivity contribution in [1.82, 2.24) is 10.3 Å². The summed E-state index contributed by atoms with van der Waals surface area (Å²) >= 11 is 0. The van der Waals surface area contributed by atoms with Crippen LogP contribution in [0.3, 0.4) is 0 Å². The van der Waals surface area contributed by atoms with E-state index in [4.69, 9.17) is 9.47 Å². The molecule has 0 unspecified atom stereocenters. The number of ether oxygens (including phenoxy) is 2. The fourth-order valence-corrected chi connectivity index (χ4v) is 3.80. The molecule has 1 aromatic carbocycles. The van der Waals surface area contributed by atoms with Gasteiger partial charge in [0.05, 0.1) is 19.4 Å². The number of carbonyl (C=O) groups excluding carboxylic acids is 1. The van der Waals surface area contributed by atoms with E-state index < -0.39 is 0 Å². The van der Waals surface area contributed by atoms with Gasteiger partial charge in [-0.05, 0) is 83.1 Å². The average molecular weight is 388 g/mol. The molecule has 1 atom stereocenters. The summed E-state index contributed by atoms with van der Waals surface area (Å²) in [7, 11) is 1.66. The fourth-order valence-electron chi connectivity index (χ4n) is 3.80. The van der Waals surface area contributed by atoms with Crippen molar-refractivity contribution in [3.05, 3.63) is 23.8 Å². The zero-order chi connectivity index (χ0) is 20.1. The van der Waals surface area contributed by atoms with Gasteiger partial charge in [0.25, 0.3) is 0 Å². The van der Waals surface area contributed by atoms with Crippen LogP contribution < -0.4 is 14.8 Å². The van der Waals surface area contributed by atoms with Crippen molar-refractivity contribution in [3.8, 4) is 11.5 Å². The van der Waals surface area contributed by atoms with E-state index in [-0.39, 0.29) is 23.6 Å². The Balaban J connectivity index is 1.69. The zero-order valence-corrected chi connectivity index (χ0v) is 17.5. The van der Waals surface area contributed by atoms with E-state index >= 15 is 0 Å². The molecule has 3 rings (SSSR count). The van der Waals surface area contributed by atoms with Gasteiger partial charge in [0.2, 0.25) is 5.91 Å². The molecule has 1 amide bonds. The molecule has 2 aliphatic rings. The Labute approximate surface area is 168 Å². The van der Waals surface area contributed by atoms with E-state index in [9.17, 15) is 4.79 Å². The van der Waals surface area contributed by atoms with Crippen molar-refractivity contribution in [2.75, 3.05) is 13.7 Å². The molecule has 154 valence electrons. The molecule has 1 aromatic rings. The van der Waals surface area contributed by atoms with Crippen molar-refractivity contribution in [2.24, 2.45) is 5.10 Å². The first-order valence-electron chi connectivity index (χ1n) is 10.3. The number of methoxy groups -OCH3 is 1. The Hall–Kier alpha value is -2.24. The number of carbonyl (C=O) groups is 1. The highest BCUT2D eigenvalue weighted by Crippen LogP contribution is 2.32. The maximum atomic E-state index is 12.6. The summed E-state index contributed by atoms with van der Waals surface area (Å²) in [5.41, 5.74) is 0.702. The second kappa shape index (κ2) is 8.84. The van der Waals surface area contributed by atoms with Crippen LogP contribution in [0.1, 0.15) is 64.9 Å². The summed E-state index contributed by atoms with van der Waals surface area (Å²) in [6.07, 6.45) is 8.52. The van der Waals surface area contributed by atoms with Crippen LogP contribution in [0.2, 0.25) is 0 Å². The van der Waals surface area contributed by atoms with E-state index in [0.29, 0.717) is 0 Å². The van der Waals surface area contributed by atoms with Gasteiger partial charge in [-0.3, -0.25) is 9.80 Å². The highest BCUT2D eigenvalue weighted by atomic mass is 16.5. The Morgan fingerprint density at radius 2 is 1.93 bits per heavy atom. The fraction of sp³-hybridized carbons (Fsp3) is 0.636. The maximum Gasteiger partial charge on any atom is 0.244 e. The van der Waals surface area contributed by atoms with Crippen LogP contribution in [0, 0.1) is 0 Å². The standard InChI is InChI=1S/C22H33N3O3/c1-22(2,3)24-21(26)18-10-7-13-25(18)23-15-16-11-12-19(27-4)20(14-16)28-17-8-5-6-9-17/h11-12,14-15,17-18H,5-10,13H2,1-4H3,(H,24,26)/b23-15+/t18-/m0/s1. The second-order valence-electron chi connectivity index (χ2n) is 8.74. The zero-order valence-electron chi connectivity index (χ0n) is 17.5. The van der Waals surface area contributed by atoms with E-state index in [1.54, 1.807) is 7.11 Å². The number of benzene rings is 1. The monoisotopic (exact) mass is 387 g/mol. The lowest BCUT2D eigenvalue weighted by Crippen LogP contribution is -2.48. The van der Waals surface area contributed by atoms with Gasteiger partial charge in [0.15, 0.2) is 11.5 Å². The SMILES string of the molecule is COc1ccc(/C=N/N2CCC[C@H]2C(=O)NC(C)(C)C)cc1OC1CCCC1. The number of nitrogens with zero attached hydrogens (tertiary/aromatic N) is 2. The van der Waals surface area contributed by atoms with Gasteiger partial charge in [-0.1, -0.05) is 0 Å². The van der Waals surface area contributed by atoms with Gasteiger partial charge < -0.3 is 14.8 Å². The van der Waals surface area contributed by atoms with Crippen molar-refractivity contribution < 1.29 is 14.3 Å². The van der Waals surface area contributed by atoms with Gasteiger partial charge >= 0.3 is 0 Å². The Morgan fingerprint density at radius 3 is 2.61 bits per heavy atom. The number of hydrazone groups is 1. The highest BCUT2D eigenvalue weighted by molar-refractivity contribution is 5.84. The van der Waals surface area contributed by atoms with Gasteiger partial charge in [0, 0.05) is 12.1 Å². The van der Waals surface area contributed by atoms with E-state index in [0.717, 1.165) is 49.3 Å².